The quantitative estimate of drug-likeness (QED) is 0.670. The molecular formula is C20H24N2O7. The molecule has 3 atom stereocenters. The van der Waals surface area contributed by atoms with Crippen LogP contribution in [0.3, 0.4) is 0 Å². The van der Waals surface area contributed by atoms with Crippen LogP contribution in [-0.4, -0.2) is 79.8 Å². The van der Waals surface area contributed by atoms with Gasteiger partial charge in [0.15, 0.2) is 11.5 Å². The van der Waals surface area contributed by atoms with Crippen molar-refractivity contribution in [3.63, 3.8) is 0 Å². The number of carbonyl (C=O) groups is 2. The Morgan fingerprint density at radius 1 is 1.14 bits per heavy atom. The summed E-state index contributed by atoms with van der Waals surface area (Å²) < 4.78 is 21.7. The molecule has 4 rings (SSSR count). The van der Waals surface area contributed by atoms with Gasteiger partial charge in [-0.2, -0.15) is 0 Å². The number of morpholine rings is 1. The van der Waals surface area contributed by atoms with Crippen LogP contribution < -0.4 is 14.8 Å². The van der Waals surface area contributed by atoms with E-state index in [-0.39, 0.29) is 31.6 Å². The van der Waals surface area contributed by atoms with Crippen LogP contribution in [0, 0.1) is 0 Å². The van der Waals surface area contributed by atoms with E-state index in [1.54, 1.807) is 35.3 Å². The second kappa shape index (κ2) is 8.81. The maximum Gasteiger partial charge on any atom is 0.251 e. The van der Waals surface area contributed by atoms with Crippen molar-refractivity contribution >= 4 is 11.8 Å². The maximum atomic E-state index is 12.6. The highest BCUT2D eigenvalue weighted by Crippen LogP contribution is 2.32. The number of aliphatic hydroxyl groups excluding tert-OH is 1. The van der Waals surface area contributed by atoms with Gasteiger partial charge in [-0.1, -0.05) is 12.2 Å². The van der Waals surface area contributed by atoms with Gasteiger partial charge in [0.2, 0.25) is 12.7 Å². The Hall–Kier alpha value is -2.62. The molecule has 0 spiro atoms. The summed E-state index contributed by atoms with van der Waals surface area (Å²) in [5, 5.41) is 12.6. The molecule has 0 aliphatic carbocycles. The normalized spacial score (nSPS) is 25.7. The third-order valence-electron chi connectivity index (χ3n) is 5.14. The van der Waals surface area contributed by atoms with E-state index in [9.17, 15) is 14.7 Å². The number of ether oxygens (including phenoxy) is 4. The van der Waals surface area contributed by atoms with Gasteiger partial charge >= 0.3 is 0 Å². The van der Waals surface area contributed by atoms with Gasteiger partial charge in [-0.15, -0.1) is 0 Å². The first-order chi connectivity index (χ1) is 14.1. The molecule has 1 aromatic rings. The minimum atomic E-state index is -0.638. The number of aliphatic hydroxyl groups is 1. The van der Waals surface area contributed by atoms with Gasteiger partial charge in [0.1, 0.15) is 6.10 Å². The minimum Gasteiger partial charge on any atom is -0.454 e. The summed E-state index contributed by atoms with van der Waals surface area (Å²) in [5.74, 6) is 0.794. The summed E-state index contributed by atoms with van der Waals surface area (Å²) >= 11 is 0. The molecule has 3 heterocycles. The van der Waals surface area contributed by atoms with E-state index in [4.69, 9.17) is 18.9 Å². The van der Waals surface area contributed by atoms with Gasteiger partial charge in [-0.05, 0) is 18.2 Å². The minimum absolute atomic E-state index is 0.0116. The summed E-state index contributed by atoms with van der Waals surface area (Å²) in [6.45, 7) is 2.09. The molecule has 1 saturated heterocycles. The number of hydrogen-bond acceptors (Lipinski definition) is 7. The predicted octanol–water partition coefficient (Wildman–Crippen LogP) is 0.0785. The van der Waals surface area contributed by atoms with Crippen molar-refractivity contribution in [3.05, 3.63) is 35.9 Å². The van der Waals surface area contributed by atoms with Crippen LogP contribution in [0.5, 0.6) is 11.5 Å². The molecule has 1 fully saturated rings. The molecule has 0 aromatic heterocycles. The number of rotatable bonds is 5. The van der Waals surface area contributed by atoms with Gasteiger partial charge in [0, 0.05) is 18.7 Å². The van der Waals surface area contributed by atoms with E-state index in [0.29, 0.717) is 43.4 Å². The topological polar surface area (TPSA) is 107 Å². The molecule has 156 valence electrons. The number of benzene rings is 1. The van der Waals surface area contributed by atoms with Crippen LogP contribution in [0.1, 0.15) is 16.8 Å². The molecular weight excluding hydrogens is 380 g/mol. The van der Waals surface area contributed by atoms with E-state index in [1.165, 1.54) is 0 Å². The van der Waals surface area contributed by atoms with Crippen molar-refractivity contribution < 1.29 is 33.6 Å². The number of nitrogens with one attached hydrogen (secondary N) is 1. The first-order valence-electron chi connectivity index (χ1n) is 9.64. The van der Waals surface area contributed by atoms with Crippen LogP contribution in [0.2, 0.25) is 0 Å². The van der Waals surface area contributed by atoms with Gasteiger partial charge in [-0.3, -0.25) is 9.59 Å². The van der Waals surface area contributed by atoms with Crippen LogP contribution in [0.4, 0.5) is 0 Å². The number of hydrogen-bond donors (Lipinski definition) is 2. The molecule has 0 radical (unpaired) electrons. The molecule has 0 saturated carbocycles. The van der Waals surface area contributed by atoms with Crippen LogP contribution in [0.15, 0.2) is 30.4 Å². The fourth-order valence-electron chi connectivity index (χ4n) is 3.52. The first kappa shape index (κ1) is 19.7. The highest BCUT2D eigenvalue weighted by molar-refractivity contribution is 5.95. The Morgan fingerprint density at radius 2 is 1.93 bits per heavy atom. The fourth-order valence-corrected chi connectivity index (χ4v) is 3.52. The molecule has 0 unspecified atom stereocenters. The van der Waals surface area contributed by atoms with E-state index in [1.807, 2.05) is 0 Å². The van der Waals surface area contributed by atoms with E-state index in [0.717, 1.165) is 0 Å². The van der Waals surface area contributed by atoms with Crippen LogP contribution >= 0.6 is 0 Å². The highest BCUT2D eigenvalue weighted by atomic mass is 16.7. The lowest BCUT2D eigenvalue weighted by Crippen LogP contribution is -2.49. The van der Waals surface area contributed by atoms with Crippen molar-refractivity contribution in [2.45, 2.75) is 24.7 Å². The SMILES string of the molecule is O=C(N[C@H]1C=C[C@H](CC(=O)N2CCOCC2)O[C@H]1CO)c1ccc2c(c1)OCO2. The Morgan fingerprint density at radius 3 is 2.72 bits per heavy atom. The average molecular weight is 404 g/mol. The van der Waals surface area contributed by atoms with Crippen molar-refractivity contribution in [3.8, 4) is 11.5 Å². The Bertz CT molecular complexity index is 791. The molecule has 2 N–H and O–H groups in total. The standard InChI is InChI=1S/C20H24N2O7/c23-11-18-15(21-20(25)13-1-4-16-17(9-13)28-12-27-16)3-2-14(29-18)10-19(24)22-5-7-26-8-6-22/h1-4,9,14-15,18,23H,5-8,10-12H2,(H,21,25)/t14-,15+,18+/m1/s1. The lowest BCUT2D eigenvalue weighted by molar-refractivity contribution is -0.139. The Labute approximate surface area is 168 Å². The van der Waals surface area contributed by atoms with Gasteiger partial charge < -0.3 is 34.3 Å². The van der Waals surface area contributed by atoms with E-state index >= 15 is 0 Å². The molecule has 0 bridgehead atoms. The summed E-state index contributed by atoms with van der Waals surface area (Å²) in [5.41, 5.74) is 0.420. The van der Waals surface area contributed by atoms with Crippen molar-refractivity contribution in [1.82, 2.24) is 10.2 Å². The van der Waals surface area contributed by atoms with E-state index < -0.39 is 18.2 Å². The molecule has 9 heteroatoms. The molecule has 2 amide bonds. The monoisotopic (exact) mass is 404 g/mol. The maximum absolute atomic E-state index is 12.6. The van der Waals surface area contributed by atoms with Gasteiger partial charge in [0.05, 0.1) is 38.4 Å². The lowest BCUT2D eigenvalue weighted by atomic mass is 10.0. The van der Waals surface area contributed by atoms with Gasteiger partial charge in [-0.25, -0.2) is 0 Å². The lowest BCUT2D eigenvalue weighted by Gasteiger charge is -2.33. The predicted molar refractivity (Wildman–Crippen MR) is 101 cm³/mol. The van der Waals surface area contributed by atoms with E-state index in [2.05, 4.69) is 5.32 Å². The number of carbonyl (C=O) groups excluding carboxylic acids is 2. The highest BCUT2D eigenvalue weighted by Gasteiger charge is 2.30. The smallest absolute Gasteiger partial charge is 0.251 e. The zero-order chi connectivity index (χ0) is 20.2. The molecule has 9 nitrogen and oxygen atoms in total. The number of amides is 2. The number of nitrogens with zero attached hydrogens (tertiary/aromatic N) is 1. The first-order valence-corrected chi connectivity index (χ1v) is 9.64. The van der Waals surface area contributed by atoms with Crippen molar-refractivity contribution in [2.24, 2.45) is 0 Å². The Kier molecular flexibility index (Phi) is 5.98. The zero-order valence-electron chi connectivity index (χ0n) is 15.9. The third-order valence-corrected chi connectivity index (χ3v) is 5.14. The summed E-state index contributed by atoms with van der Waals surface area (Å²) in [6, 6.07) is 4.44. The van der Waals surface area contributed by atoms with Crippen LogP contribution in [0.25, 0.3) is 0 Å². The van der Waals surface area contributed by atoms with Crippen LogP contribution in [-0.2, 0) is 14.3 Å². The summed E-state index contributed by atoms with van der Waals surface area (Å²) in [7, 11) is 0. The molecule has 1 aromatic carbocycles. The summed E-state index contributed by atoms with van der Waals surface area (Å²) in [4.78, 5) is 26.7. The number of fused-ring (bicyclic) bond motifs is 1. The average Bonchev–Trinajstić information content (AvgIpc) is 3.23. The molecule has 3 aliphatic heterocycles. The largest absolute Gasteiger partial charge is 0.454 e. The zero-order valence-corrected chi connectivity index (χ0v) is 15.9. The second-order valence-electron chi connectivity index (χ2n) is 7.05. The van der Waals surface area contributed by atoms with Crippen molar-refractivity contribution in [2.75, 3.05) is 39.7 Å². The van der Waals surface area contributed by atoms with Gasteiger partial charge in [0.25, 0.3) is 5.91 Å². The summed E-state index contributed by atoms with van der Waals surface area (Å²) in [6.07, 6.45) is 2.64. The fraction of sp³-hybridized carbons (Fsp3) is 0.500. The molecule has 29 heavy (non-hydrogen) atoms. The van der Waals surface area contributed by atoms with Crippen molar-refractivity contribution in [1.29, 1.82) is 0 Å². The second-order valence-corrected chi connectivity index (χ2v) is 7.05. The Balaban J connectivity index is 1.36. The molecule has 3 aliphatic rings. The third kappa shape index (κ3) is 4.52.